The molecule has 7 nitrogen and oxygen atoms in total. The van der Waals surface area contributed by atoms with Gasteiger partial charge in [-0.25, -0.2) is 21.9 Å². The second-order valence-electron chi connectivity index (χ2n) is 6.75. The number of ether oxygens (including phenoxy) is 1. The lowest BCUT2D eigenvalue weighted by Gasteiger charge is -2.41. The molecule has 1 fully saturated rings. The lowest BCUT2D eigenvalue weighted by atomic mass is 9.85. The number of rotatable bonds is 8. The highest BCUT2D eigenvalue weighted by Gasteiger charge is 2.39. The number of benzene rings is 1. The zero-order valence-corrected chi connectivity index (χ0v) is 16.6. The van der Waals surface area contributed by atoms with E-state index in [0.717, 1.165) is 0 Å². The Morgan fingerprint density at radius 1 is 1.30 bits per heavy atom. The van der Waals surface area contributed by atoms with Crippen LogP contribution in [0.1, 0.15) is 31.7 Å². The van der Waals surface area contributed by atoms with Crippen LogP contribution in [0.2, 0.25) is 0 Å². The van der Waals surface area contributed by atoms with Gasteiger partial charge < -0.3 is 15.4 Å². The zero-order chi connectivity index (χ0) is 19.9. The largest absolute Gasteiger partial charge is 0.385 e. The number of nitrogens with zero attached hydrogens (tertiary/aromatic N) is 1. The number of hydrogen-bond acceptors (Lipinski definition) is 4. The van der Waals surface area contributed by atoms with E-state index in [1.165, 1.54) is 22.5 Å². The van der Waals surface area contributed by atoms with Crippen LogP contribution in [0.25, 0.3) is 0 Å². The molecule has 1 aliphatic rings. The number of carbonyl (C=O) groups is 1. The Morgan fingerprint density at radius 2 is 1.96 bits per heavy atom. The van der Waals surface area contributed by atoms with Crippen molar-refractivity contribution in [2.24, 2.45) is 0 Å². The van der Waals surface area contributed by atoms with Crippen molar-refractivity contribution < 1.29 is 22.3 Å². The van der Waals surface area contributed by atoms with Gasteiger partial charge in [-0.1, -0.05) is 18.2 Å². The van der Waals surface area contributed by atoms with E-state index in [9.17, 15) is 17.6 Å². The highest BCUT2D eigenvalue weighted by atomic mass is 32.2. The van der Waals surface area contributed by atoms with Crippen molar-refractivity contribution in [3.8, 4) is 0 Å². The highest BCUT2D eigenvalue weighted by molar-refractivity contribution is 7.88. The van der Waals surface area contributed by atoms with E-state index in [2.05, 4.69) is 10.6 Å². The van der Waals surface area contributed by atoms with Gasteiger partial charge in [0.2, 0.25) is 10.0 Å². The first kappa shape index (κ1) is 21.6. The topological polar surface area (TPSA) is 87.7 Å². The van der Waals surface area contributed by atoms with Crippen LogP contribution in [0.5, 0.6) is 0 Å². The van der Waals surface area contributed by atoms with Crippen LogP contribution in [-0.2, 0) is 20.5 Å². The monoisotopic (exact) mass is 401 g/mol. The van der Waals surface area contributed by atoms with E-state index in [1.807, 2.05) is 6.92 Å². The molecule has 0 atom stereocenters. The minimum atomic E-state index is -3.63. The molecule has 27 heavy (non-hydrogen) atoms. The number of hydrogen-bond donors (Lipinski definition) is 2. The highest BCUT2D eigenvalue weighted by Crippen LogP contribution is 2.28. The van der Waals surface area contributed by atoms with Crippen LogP contribution in [0.15, 0.2) is 24.3 Å². The molecule has 0 radical (unpaired) electrons. The second kappa shape index (κ2) is 9.48. The Hall–Kier alpha value is -1.71. The fraction of sp³-hybridized carbons (Fsp3) is 0.611. The number of halogens is 1. The number of amides is 2. The average molecular weight is 402 g/mol. The minimum Gasteiger partial charge on any atom is -0.385 e. The Bertz CT molecular complexity index is 734. The van der Waals surface area contributed by atoms with Crippen molar-refractivity contribution in [1.82, 2.24) is 14.9 Å². The molecule has 152 valence electrons. The lowest BCUT2D eigenvalue weighted by molar-refractivity contribution is 0.122. The van der Waals surface area contributed by atoms with E-state index in [0.29, 0.717) is 32.4 Å². The summed E-state index contributed by atoms with van der Waals surface area (Å²) in [6.07, 6.45) is 1.55. The molecular formula is C18H28FN3O4S. The first-order valence-electron chi connectivity index (χ1n) is 9.08. The Labute approximate surface area is 160 Å². The number of carbonyl (C=O) groups excluding carboxylic acids is 1. The standard InChI is InChI=1S/C18H28FN3O4S/c1-3-20-17(23)21-18(10-13-26-2)8-11-22(12-9-18)27(24,25)14-15-6-4-5-7-16(15)19/h4-7H,3,8-14H2,1-2H3,(H2,20,21,23). The molecule has 9 heteroatoms. The molecule has 0 unspecified atom stereocenters. The molecule has 2 amide bonds. The Morgan fingerprint density at radius 3 is 2.56 bits per heavy atom. The lowest BCUT2D eigenvalue weighted by Crippen LogP contribution is -2.58. The first-order valence-corrected chi connectivity index (χ1v) is 10.7. The van der Waals surface area contributed by atoms with Gasteiger partial charge in [-0.15, -0.1) is 0 Å². The van der Waals surface area contributed by atoms with Crippen molar-refractivity contribution >= 4 is 16.1 Å². The van der Waals surface area contributed by atoms with Crippen LogP contribution in [0.4, 0.5) is 9.18 Å². The molecule has 1 heterocycles. The number of piperidine rings is 1. The predicted octanol–water partition coefficient (Wildman–Crippen LogP) is 1.85. The molecule has 2 rings (SSSR count). The fourth-order valence-corrected chi connectivity index (χ4v) is 4.82. The molecule has 1 aromatic carbocycles. The van der Waals surface area contributed by atoms with Crippen LogP contribution in [-0.4, -0.2) is 57.6 Å². The summed E-state index contributed by atoms with van der Waals surface area (Å²) in [5.41, 5.74) is -0.353. The molecule has 0 bridgehead atoms. The maximum absolute atomic E-state index is 13.8. The normalized spacial score (nSPS) is 17.4. The molecule has 0 spiro atoms. The second-order valence-corrected chi connectivity index (χ2v) is 8.72. The van der Waals surface area contributed by atoms with Gasteiger partial charge in [0.1, 0.15) is 5.82 Å². The van der Waals surface area contributed by atoms with Crippen LogP contribution < -0.4 is 10.6 Å². The Balaban J connectivity index is 2.05. The van der Waals surface area contributed by atoms with Gasteiger partial charge in [0.05, 0.1) is 5.75 Å². The molecule has 1 aliphatic heterocycles. The van der Waals surface area contributed by atoms with E-state index >= 15 is 0 Å². The number of urea groups is 1. The van der Waals surface area contributed by atoms with E-state index in [1.54, 1.807) is 13.2 Å². The van der Waals surface area contributed by atoms with E-state index in [4.69, 9.17) is 4.74 Å². The molecule has 0 aliphatic carbocycles. The third-order valence-corrected chi connectivity index (χ3v) is 6.70. The summed E-state index contributed by atoms with van der Waals surface area (Å²) in [5.74, 6) is -0.889. The van der Waals surface area contributed by atoms with E-state index < -0.39 is 21.4 Å². The van der Waals surface area contributed by atoms with Gasteiger partial charge in [0.15, 0.2) is 0 Å². The smallest absolute Gasteiger partial charge is 0.315 e. The predicted molar refractivity (Wildman–Crippen MR) is 101 cm³/mol. The summed E-state index contributed by atoms with van der Waals surface area (Å²) in [4.78, 5) is 12.0. The fourth-order valence-electron chi connectivity index (χ4n) is 3.28. The number of methoxy groups -OCH3 is 1. The zero-order valence-electron chi connectivity index (χ0n) is 15.8. The van der Waals surface area contributed by atoms with Gasteiger partial charge >= 0.3 is 6.03 Å². The minimum absolute atomic E-state index is 0.161. The number of nitrogens with one attached hydrogen (secondary N) is 2. The van der Waals surface area contributed by atoms with E-state index in [-0.39, 0.29) is 30.4 Å². The summed E-state index contributed by atoms with van der Waals surface area (Å²) < 4.78 is 45.7. The van der Waals surface area contributed by atoms with Crippen molar-refractivity contribution in [3.05, 3.63) is 35.6 Å². The molecule has 0 aromatic heterocycles. The third kappa shape index (κ3) is 5.88. The van der Waals surface area contributed by atoms with Gasteiger partial charge in [-0.05, 0) is 32.3 Å². The molecule has 2 N–H and O–H groups in total. The van der Waals surface area contributed by atoms with Crippen LogP contribution in [0.3, 0.4) is 0 Å². The van der Waals surface area contributed by atoms with Gasteiger partial charge in [-0.3, -0.25) is 0 Å². The summed E-state index contributed by atoms with van der Waals surface area (Å²) in [5, 5.41) is 5.70. The molecule has 1 aromatic rings. The molecule has 1 saturated heterocycles. The van der Waals surface area contributed by atoms with Gasteiger partial charge in [0.25, 0.3) is 0 Å². The van der Waals surface area contributed by atoms with Crippen molar-refractivity contribution in [3.63, 3.8) is 0 Å². The maximum Gasteiger partial charge on any atom is 0.315 e. The third-order valence-electron chi connectivity index (χ3n) is 4.87. The van der Waals surface area contributed by atoms with Crippen LogP contribution in [0, 0.1) is 5.82 Å². The van der Waals surface area contributed by atoms with Crippen molar-refractivity contribution in [1.29, 1.82) is 0 Å². The van der Waals surface area contributed by atoms with Gasteiger partial charge in [0, 0.05) is 44.5 Å². The average Bonchev–Trinajstić information content (AvgIpc) is 2.62. The van der Waals surface area contributed by atoms with Crippen LogP contribution >= 0.6 is 0 Å². The Kier molecular flexibility index (Phi) is 7.58. The number of sulfonamides is 1. The summed E-state index contributed by atoms with van der Waals surface area (Å²) in [7, 11) is -2.04. The SMILES string of the molecule is CCNC(=O)NC1(CCOC)CCN(S(=O)(=O)Cc2ccccc2F)CC1. The first-order chi connectivity index (χ1) is 12.8. The summed E-state index contributed by atoms with van der Waals surface area (Å²) in [6.45, 7) is 3.35. The molecular weight excluding hydrogens is 373 g/mol. The summed E-state index contributed by atoms with van der Waals surface area (Å²) >= 11 is 0. The molecule has 0 saturated carbocycles. The van der Waals surface area contributed by atoms with Crippen molar-refractivity contribution in [2.45, 2.75) is 37.5 Å². The van der Waals surface area contributed by atoms with Gasteiger partial charge in [-0.2, -0.15) is 0 Å². The summed E-state index contributed by atoms with van der Waals surface area (Å²) in [6, 6.07) is 5.62. The maximum atomic E-state index is 13.8. The van der Waals surface area contributed by atoms with Crippen molar-refractivity contribution in [2.75, 3.05) is 33.4 Å². The quantitative estimate of drug-likeness (QED) is 0.696.